The first-order valence-electron chi connectivity index (χ1n) is 9.37. The molecule has 0 aliphatic heterocycles. The Labute approximate surface area is 174 Å². The van der Waals surface area contributed by atoms with Crippen LogP contribution in [0.1, 0.15) is 39.0 Å². The van der Waals surface area contributed by atoms with E-state index in [0.717, 1.165) is 34.1 Å². The van der Waals surface area contributed by atoms with Crippen LogP contribution in [0.4, 0.5) is 8.78 Å². The highest BCUT2D eigenvalue weighted by molar-refractivity contribution is 7.99. The molecule has 0 heterocycles. The SMILES string of the molecule is Cc1ccc(C=C(CCSc2ccc(C=O)cc2)c2cc(F)cc(F)c2)cc1C. The van der Waals surface area contributed by atoms with Gasteiger partial charge in [0.2, 0.25) is 0 Å². The number of allylic oxidation sites excluding steroid dienone is 1. The monoisotopic (exact) mass is 408 g/mol. The molecule has 0 bridgehead atoms. The van der Waals surface area contributed by atoms with Crippen LogP contribution in [0.25, 0.3) is 11.6 Å². The lowest BCUT2D eigenvalue weighted by Crippen LogP contribution is -1.92. The smallest absolute Gasteiger partial charge is 0.150 e. The number of rotatable bonds is 7. The fourth-order valence-electron chi connectivity index (χ4n) is 3.02. The van der Waals surface area contributed by atoms with Crippen molar-refractivity contribution in [3.63, 3.8) is 0 Å². The molecule has 0 aliphatic rings. The summed E-state index contributed by atoms with van der Waals surface area (Å²) in [5.41, 5.74) is 5.46. The first kappa shape index (κ1) is 21.0. The fraction of sp³-hybridized carbons (Fsp3) is 0.160. The lowest BCUT2D eigenvalue weighted by Gasteiger charge is -2.10. The quantitative estimate of drug-likeness (QED) is 0.235. The predicted octanol–water partition coefficient (Wildman–Crippen LogP) is 7.12. The van der Waals surface area contributed by atoms with Crippen LogP contribution < -0.4 is 0 Å². The van der Waals surface area contributed by atoms with Gasteiger partial charge in [0.1, 0.15) is 17.9 Å². The van der Waals surface area contributed by atoms with E-state index < -0.39 is 11.6 Å². The summed E-state index contributed by atoms with van der Waals surface area (Å²) in [5, 5.41) is 0. The van der Waals surface area contributed by atoms with E-state index in [2.05, 4.69) is 13.0 Å². The molecule has 0 amide bonds. The molecule has 0 saturated carbocycles. The lowest BCUT2D eigenvalue weighted by molar-refractivity contribution is 0.112. The van der Waals surface area contributed by atoms with Crippen molar-refractivity contribution < 1.29 is 13.6 Å². The molecule has 3 aromatic rings. The molecular formula is C25H22F2OS. The maximum Gasteiger partial charge on any atom is 0.150 e. The number of hydrogen-bond acceptors (Lipinski definition) is 2. The van der Waals surface area contributed by atoms with E-state index in [1.165, 1.54) is 23.3 Å². The number of hydrogen-bond donors (Lipinski definition) is 0. The van der Waals surface area contributed by atoms with E-state index in [9.17, 15) is 13.6 Å². The highest BCUT2D eigenvalue weighted by Crippen LogP contribution is 2.28. The molecule has 0 fully saturated rings. The summed E-state index contributed by atoms with van der Waals surface area (Å²) in [7, 11) is 0. The summed E-state index contributed by atoms with van der Waals surface area (Å²) in [4.78, 5) is 11.8. The standard InChI is InChI=1S/C25H22F2OS/c1-17-3-4-20(11-18(17)2)12-21(22-13-23(26)15-24(27)14-22)9-10-29-25-7-5-19(16-28)6-8-25/h3-8,11-16H,9-10H2,1-2H3. The van der Waals surface area contributed by atoms with Gasteiger partial charge in [0.05, 0.1) is 0 Å². The number of carbonyl (C=O) groups excluding carboxylic acids is 1. The van der Waals surface area contributed by atoms with Gasteiger partial charge in [-0.05, 0) is 72.4 Å². The van der Waals surface area contributed by atoms with Crippen molar-refractivity contribution in [1.29, 1.82) is 0 Å². The average molecular weight is 409 g/mol. The topological polar surface area (TPSA) is 17.1 Å². The molecule has 3 rings (SSSR count). The van der Waals surface area contributed by atoms with Gasteiger partial charge in [0.15, 0.2) is 0 Å². The summed E-state index contributed by atoms with van der Waals surface area (Å²) < 4.78 is 27.6. The zero-order chi connectivity index (χ0) is 20.8. The molecule has 0 radical (unpaired) electrons. The minimum atomic E-state index is -0.580. The van der Waals surface area contributed by atoms with Gasteiger partial charge in [0, 0.05) is 22.3 Å². The van der Waals surface area contributed by atoms with E-state index in [1.807, 2.05) is 37.3 Å². The Hall–Kier alpha value is -2.72. The largest absolute Gasteiger partial charge is 0.298 e. The first-order chi connectivity index (χ1) is 13.9. The van der Waals surface area contributed by atoms with Crippen LogP contribution in [0.5, 0.6) is 0 Å². The third-order valence-electron chi connectivity index (χ3n) is 4.76. The summed E-state index contributed by atoms with van der Waals surface area (Å²) >= 11 is 1.64. The second-order valence-corrected chi connectivity index (χ2v) is 8.13. The number of aldehydes is 1. The van der Waals surface area contributed by atoms with Crippen LogP contribution in [0, 0.1) is 25.5 Å². The predicted molar refractivity (Wildman–Crippen MR) is 117 cm³/mol. The first-order valence-corrected chi connectivity index (χ1v) is 10.4. The van der Waals surface area contributed by atoms with Gasteiger partial charge in [-0.1, -0.05) is 36.4 Å². The van der Waals surface area contributed by atoms with Gasteiger partial charge < -0.3 is 0 Å². The Morgan fingerprint density at radius 2 is 1.52 bits per heavy atom. The van der Waals surface area contributed by atoms with Crippen molar-refractivity contribution in [2.75, 3.05) is 5.75 Å². The van der Waals surface area contributed by atoms with Crippen molar-refractivity contribution in [1.82, 2.24) is 0 Å². The summed E-state index contributed by atoms with van der Waals surface area (Å²) in [6, 6.07) is 17.2. The highest BCUT2D eigenvalue weighted by atomic mass is 32.2. The van der Waals surface area contributed by atoms with Crippen molar-refractivity contribution in [3.05, 3.63) is 100 Å². The zero-order valence-corrected chi connectivity index (χ0v) is 17.2. The molecule has 29 heavy (non-hydrogen) atoms. The third-order valence-corrected chi connectivity index (χ3v) is 5.78. The molecule has 0 saturated heterocycles. The minimum Gasteiger partial charge on any atom is -0.298 e. The number of carbonyl (C=O) groups is 1. The molecule has 4 heteroatoms. The van der Waals surface area contributed by atoms with Crippen molar-refractivity contribution in [2.45, 2.75) is 25.2 Å². The van der Waals surface area contributed by atoms with Crippen molar-refractivity contribution in [2.24, 2.45) is 0 Å². The Kier molecular flexibility index (Phi) is 6.99. The molecule has 0 N–H and O–H groups in total. The van der Waals surface area contributed by atoms with Crippen LogP contribution in [0.15, 0.2) is 65.6 Å². The van der Waals surface area contributed by atoms with E-state index in [1.54, 1.807) is 23.9 Å². The van der Waals surface area contributed by atoms with E-state index >= 15 is 0 Å². The zero-order valence-electron chi connectivity index (χ0n) is 16.4. The van der Waals surface area contributed by atoms with Crippen LogP contribution in [-0.2, 0) is 0 Å². The molecular weight excluding hydrogens is 386 g/mol. The summed E-state index contributed by atoms with van der Waals surface area (Å²) in [6.45, 7) is 4.10. The maximum absolute atomic E-state index is 13.8. The lowest BCUT2D eigenvalue weighted by atomic mass is 9.98. The molecule has 0 unspecified atom stereocenters. The van der Waals surface area contributed by atoms with Gasteiger partial charge >= 0.3 is 0 Å². The minimum absolute atomic E-state index is 0.553. The third kappa shape index (κ3) is 5.88. The highest BCUT2D eigenvalue weighted by Gasteiger charge is 2.08. The normalized spacial score (nSPS) is 11.5. The number of halogens is 2. The van der Waals surface area contributed by atoms with Gasteiger partial charge in [0.25, 0.3) is 0 Å². The van der Waals surface area contributed by atoms with Crippen molar-refractivity contribution in [3.8, 4) is 0 Å². The molecule has 0 spiro atoms. The second-order valence-electron chi connectivity index (χ2n) is 6.96. The molecule has 0 aliphatic carbocycles. The molecule has 1 nitrogen and oxygen atoms in total. The molecule has 3 aromatic carbocycles. The van der Waals surface area contributed by atoms with Crippen LogP contribution in [-0.4, -0.2) is 12.0 Å². The number of thioether (sulfide) groups is 1. The number of aryl methyl sites for hydroxylation is 2. The van der Waals surface area contributed by atoms with E-state index in [-0.39, 0.29) is 0 Å². The van der Waals surface area contributed by atoms with Crippen LogP contribution >= 0.6 is 11.8 Å². The number of benzene rings is 3. The Morgan fingerprint density at radius 3 is 2.14 bits per heavy atom. The summed E-state index contributed by atoms with van der Waals surface area (Å²) in [5.74, 6) is -0.416. The summed E-state index contributed by atoms with van der Waals surface area (Å²) in [6.07, 6.45) is 3.46. The van der Waals surface area contributed by atoms with Crippen molar-refractivity contribution >= 4 is 29.7 Å². The Balaban J connectivity index is 1.84. The van der Waals surface area contributed by atoms with Crippen LogP contribution in [0.2, 0.25) is 0 Å². The van der Waals surface area contributed by atoms with Gasteiger partial charge in [-0.15, -0.1) is 11.8 Å². The van der Waals surface area contributed by atoms with Gasteiger partial charge in [-0.3, -0.25) is 4.79 Å². The average Bonchev–Trinajstić information content (AvgIpc) is 2.69. The molecule has 0 atom stereocenters. The van der Waals surface area contributed by atoms with E-state index in [0.29, 0.717) is 17.5 Å². The van der Waals surface area contributed by atoms with Gasteiger partial charge in [-0.25, -0.2) is 8.78 Å². The molecule has 148 valence electrons. The fourth-order valence-corrected chi connectivity index (χ4v) is 3.90. The Bertz CT molecular complexity index is 1020. The van der Waals surface area contributed by atoms with Gasteiger partial charge in [-0.2, -0.15) is 0 Å². The van der Waals surface area contributed by atoms with E-state index in [4.69, 9.17) is 0 Å². The molecule has 0 aromatic heterocycles. The van der Waals surface area contributed by atoms with Crippen LogP contribution in [0.3, 0.4) is 0 Å². The maximum atomic E-state index is 13.8. The second kappa shape index (κ2) is 9.66. The Morgan fingerprint density at radius 1 is 0.862 bits per heavy atom.